The normalized spacial score (nSPS) is 11.0. The maximum atomic E-state index is 3.39. The zero-order valence-corrected chi connectivity index (χ0v) is 9.01. The van der Waals surface area contributed by atoms with Crippen molar-refractivity contribution in [2.75, 3.05) is 20.1 Å². The lowest BCUT2D eigenvalue weighted by Gasteiger charge is -2.04. The molecule has 0 spiro atoms. The Bertz CT molecular complexity index is 419. The number of fused-ring (bicyclic) bond motifs is 1. The molecule has 0 atom stereocenters. The van der Waals surface area contributed by atoms with Gasteiger partial charge in [0.2, 0.25) is 0 Å². The Morgan fingerprint density at radius 2 is 2.13 bits per heavy atom. The van der Waals surface area contributed by atoms with Crippen LogP contribution in [0.4, 0.5) is 0 Å². The number of hydrogen-bond donors (Lipinski definition) is 3. The molecular weight excluding hydrogens is 186 g/mol. The molecule has 1 aromatic carbocycles. The first-order valence-corrected chi connectivity index (χ1v) is 5.31. The predicted molar refractivity (Wildman–Crippen MR) is 63.9 cm³/mol. The summed E-state index contributed by atoms with van der Waals surface area (Å²) in [5.41, 5.74) is 2.53. The molecule has 3 nitrogen and oxygen atoms in total. The van der Waals surface area contributed by atoms with Crippen molar-refractivity contribution in [1.29, 1.82) is 0 Å². The first kappa shape index (κ1) is 10.2. The summed E-state index contributed by atoms with van der Waals surface area (Å²) in [4.78, 5) is 3.19. The van der Waals surface area contributed by atoms with Gasteiger partial charge in [-0.3, -0.25) is 0 Å². The summed E-state index contributed by atoms with van der Waals surface area (Å²) in [6.07, 6.45) is 1.98. The van der Waals surface area contributed by atoms with Crippen LogP contribution in [-0.2, 0) is 6.54 Å². The van der Waals surface area contributed by atoms with E-state index in [1.807, 2.05) is 13.2 Å². The van der Waals surface area contributed by atoms with Gasteiger partial charge in [0.1, 0.15) is 0 Å². The van der Waals surface area contributed by atoms with E-state index in [9.17, 15) is 0 Å². The zero-order chi connectivity index (χ0) is 10.5. The van der Waals surface area contributed by atoms with Crippen molar-refractivity contribution in [3.8, 4) is 0 Å². The van der Waals surface area contributed by atoms with Gasteiger partial charge in [-0.1, -0.05) is 6.07 Å². The van der Waals surface area contributed by atoms with Crippen LogP contribution in [0.15, 0.2) is 30.5 Å². The maximum Gasteiger partial charge on any atom is 0.0454 e. The molecule has 1 aromatic heterocycles. The van der Waals surface area contributed by atoms with Crippen LogP contribution in [0.1, 0.15) is 5.56 Å². The average molecular weight is 203 g/mol. The zero-order valence-electron chi connectivity index (χ0n) is 9.01. The summed E-state index contributed by atoms with van der Waals surface area (Å²) in [6.45, 7) is 2.94. The molecule has 0 unspecified atom stereocenters. The molecule has 80 valence electrons. The summed E-state index contributed by atoms with van der Waals surface area (Å²) in [5.74, 6) is 0. The van der Waals surface area contributed by atoms with Gasteiger partial charge in [-0.15, -0.1) is 0 Å². The van der Waals surface area contributed by atoms with E-state index in [4.69, 9.17) is 0 Å². The maximum absolute atomic E-state index is 3.39. The number of H-pyrrole nitrogens is 1. The quantitative estimate of drug-likeness (QED) is 0.644. The second-order valence-corrected chi connectivity index (χ2v) is 3.68. The molecule has 2 aromatic rings. The second kappa shape index (κ2) is 4.96. The van der Waals surface area contributed by atoms with Crippen LogP contribution in [-0.4, -0.2) is 25.1 Å². The van der Waals surface area contributed by atoms with Gasteiger partial charge < -0.3 is 15.6 Å². The highest BCUT2D eigenvalue weighted by atomic mass is 14.9. The van der Waals surface area contributed by atoms with Crippen molar-refractivity contribution in [2.45, 2.75) is 6.54 Å². The Hall–Kier alpha value is -1.32. The van der Waals surface area contributed by atoms with E-state index in [1.165, 1.54) is 16.5 Å². The van der Waals surface area contributed by atoms with Gasteiger partial charge >= 0.3 is 0 Å². The number of likely N-dealkylation sites (N-methyl/N-ethyl adjacent to an activating group) is 1. The minimum absolute atomic E-state index is 0.933. The molecule has 3 heteroatoms. The lowest BCUT2D eigenvalue weighted by atomic mass is 10.1. The summed E-state index contributed by atoms with van der Waals surface area (Å²) in [7, 11) is 1.97. The molecule has 15 heavy (non-hydrogen) atoms. The third-order valence-corrected chi connectivity index (χ3v) is 2.50. The lowest BCUT2D eigenvalue weighted by Crippen LogP contribution is -2.24. The van der Waals surface area contributed by atoms with Gasteiger partial charge in [-0.2, -0.15) is 0 Å². The number of nitrogens with one attached hydrogen (secondary N) is 3. The van der Waals surface area contributed by atoms with Crippen LogP contribution in [0.25, 0.3) is 10.9 Å². The van der Waals surface area contributed by atoms with E-state index in [1.54, 1.807) is 0 Å². The number of rotatable bonds is 5. The van der Waals surface area contributed by atoms with Gasteiger partial charge in [0.15, 0.2) is 0 Å². The van der Waals surface area contributed by atoms with Crippen LogP contribution < -0.4 is 10.6 Å². The molecule has 0 amide bonds. The standard InChI is InChI=1S/C12H17N3/c1-13-6-7-14-9-10-2-3-12-11(8-10)4-5-15-12/h2-5,8,13-15H,6-7,9H2,1H3. The third-order valence-electron chi connectivity index (χ3n) is 2.50. The van der Waals surface area contributed by atoms with Gasteiger partial charge in [0.25, 0.3) is 0 Å². The largest absolute Gasteiger partial charge is 0.361 e. The SMILES string of the molecule is CNCCNCc1ccc2[nH]ccc2c1. The predicted octanol–water partition coefficient (Wildman–Crippen LogP) is 1.48. The molecule has 0 aliphatic carbocycles. The molecule has 1 heterocycles. The van der Waals surface area contributed by atoms with Crippen molar-refractivity contribution < 1.29 is 0 Å². The molecule has 2 rings (SSSR count). The Balaban J connectivity index is 1.96. The summed E-state index contributed by atoms with van der Waals surface area (Å²) >= 11 is 0. The van der Waals surface area contributed by atoms with Gasteiger partial charge in [-0.25, -0.2) is 0 Å². The third kappa shape index (κ3) is 2.58. The van der Waals surface area contributed by atoms with Crippen LogP contribution >= 0.6 is 0 Å². The minimum Gasteiger partial charge on any atom is -0.361 e. The Morgan fingerprint density at radius 3 is 3.00 bits per heavy atom. The van der Waals surface area contributed by atoms with Crippen molar-refractivity contribution in [3.63, 3.8) is 0 Å². The van der Waals surface area contributed by atoms with Crippen LogP contribution in [0.5, 0.6) is 0 Å². The molecule has 0 fully saturated rings. The van der Waals surface area contributed by atoms with Gasteiger partial charge in [-0.05, 0) is 36.2 Å². The van der Waals surface area contributed by atoms with Crippen molar-refractivity contribution in [1.82, 2.24) is 15.6 Å². The van der Waals surface area contributed by atoms with Crippen molar-refractivity contribution >= 4 is 10.9 Å². The second-order valence-electron chi connectivity index (χ2n) is 3.68. The van der Waals surface area contributed by atoms with Gasteiger partial charge in [0.05, 0.1) is 0 Å². The number of aromatic nitrogens is 1. The van der Waals surface area contributed by atoms with Crippen molar-refractivity contribution in [3.05, 3.63) is 36.0 Å². The van der Waals surface area contributed by atoms with E-state index in [0.717, 1.165) is 19.6 Å². The van der Waals surface area contributed by atoms with E-state index in [0.29, 0.717) is 0 Å². The molecular formula is C12H17N3. The van der Waals surface area contributed by atoms with Crippen LogP contribution in [0.2, 0.25) is 0 Å². The van der Waals surface area contributed by atoms with E-state index in [2.05, 4.69) is 39.9 Å². The van der Waals surface area contributed by atoms with Crippen LogP contribution in [0, 0.1) is 0 Å². The molecule has 0 radical (unpaired) electrons. The number of benzene rings is 1. The first-order chi connectivity index (χ1) is 7.40. The Kier molecular flexibility index (Phi) is 3.37. The average Bonchev–Trinajstić information content (AvgIpc) is 2.71. The number of hydrogen-bond acceptors (Lipinski definition) is 2. The molecule has 0 aliphatic heterocycles. The Morgan fingerprint density at radius 1 is 1.20 bits per heavy atom. The molecule has 0 aliphatic rings. The highest BCUT2D eigenvalue weighted by Crippen LogP contribution is 2.13. The molecule has 0 saturated heterocycles. The van der Waals surface area contributed by atoms with Gasteiger partial charge in [0, 0.05) is 31.3 Å². The highest BCUT2D eigenvalue weighted by Gasteiger charge is 1.96. The summed E-state index contributed by atoms with van der Waals surface area (Å²) in [5, 5.41) is 7.78. The summed E-state index contributed by atoms with van der Waals surface area (Å²) < 4.78 is 0. The fraction of sp³-hybridized carbons (Fsp3) is 0.333. The highest BCUT2D eigenvalue weighted by molar-refractivity contribution is 5.79. The van der Waals surface area contributed by atoms with E-state index >= 15 is 0 Å². The molecule has 3 N–H and O–H groups in total. The van der Waals surface area contributed by atoms with Crippen molar-refractivity contribution in [2.24, 2.45) is 0 Å². The fourth-order valence-corrected chi connectivity index (χ4v) is 1.66. The molecule has 0 bridgehead atoms. The fourth-order valence-electron chi connectivity index (χ4n) is 1.66. The Labute approximate surface area is 89.9 Å². The monoisotopic (exact) mass is 203 g/mol. The minimum atomic E-state index is 0.933. The lowest BCUT2D eigenvalue weighted by molar-refractivity contribution is 0.651. The van der Waals surface area contributed by atoms with E-state index < -0.39 is 0 Å². The topological polar surface area (TPSA) is 39.8 Å². The first-order valence-electron chi connectivity index (χ1n) is 5.31. The number of aromatic amines is 1. The smallest absolute Gasteiger partial charge is 0.0454 e. The molecule has 0 saturated carbocycles. The van der Waals surface area contributed by atoms with Crippen LogP contribution in [0.3, 0.4) is 0 Å². The van der Waals surface area contributed by atoms with E-state index in [-0.39, 0.29) is 0 Å². The summed E-state index contributed by atoms with van der Waals surface area (Å²) in [6, 6.07) is 8.61.